The highest BCUT2D eigenvalue weighted by Crippen LogP contribution is 2.31. The van der Waals surface area contributed by atoms with Gasteiger partial charge in [-0.15, -0.1) is 0 Å². The molecule has 0 amide bonds. The Kier molecular flexibility index (Phi) is 3.45. The minimum atomic E-state index is 0.306. The van der Waals surface area contributed by atoms with Gasteiger partial charge < -0.3 is 14.0 Å². The van der Waals surface area contributed by atoms with E-state index in [-0.39, 0.29) is 0 Å². The summed E-state index contributed by atoms with van der Waals surface area (Å²) in [7, 11) is 0. The van der Waals surface area contributed by atoms with E-state index in [4.69, 9.17) is 9.47 Å². The van der Waals surface area contributed by atoms with Crippen LogP contribution in [-0.2, 0) is 6.54 Å². The standard InChI is InChI=1S/C14H15N3O2/c1(6-17-7-5-16-10-17)4-15-9-12-2-3-13-14(8-12)19-11-18-13/h2-3,5,7-10H,1,4,6,11H2. The maximum atomic E-state index is 5.32. The molecule has 0 aliphatic carbocycles. The summed E-state index contributed by atoms with van der Waals surface area (Å²) in [4.78, 5) is 8.41. The fourth-order valence-electron chi connectivity index (χ4n) is 1.93. The minimum absolute atomic E-state index is 0.306. The molecule has 3 rings (SSSR count). The molecular formula is C14H15N3O2. The predicted molar refractivity (Wildman–Crippen MR) is 71.9 cm³/mol. The average molecular weight is 257 g/mol. The maximum absolute atomic E-state index is 5.32. The van der Waals surface area contributed by atoms with Crippen molar-refractivity contribution in [1.29, 1.82) is 0 Å². The molecule has 1 aromatic carbocycles. The van der Waals surface area contributed by atoms with E-state index >= 15 is 0 Å². The molecule has 0 atom stereocenters. The highest BCUT2D eigenvalue weighted by Gasteiger charge is 2.12. The van der Waals surface area contributed by atoms with Crippen molar-refractivity contribution in [2.45, 2.75) is 13.0 Å². The van der Waals surface area contributed by atoms with Crippen molar-refractivity contribution in [3.63, 3.8) is 0 Å². The fraction of sp³-hybridized carbons (Fsp3) is 0.286. The molecule has 0 unspecified atom stereocenters. The molecular weight excluding hydrogens is 242 g/mol. The Bertz CT molecular complexity index is 564. The molecule has 2 heterocycles. The van der Waals surface area contributed by atoms with Crippen molar-refractivity contribution in [2.24, 2.45) is 4.99 Å². The average Bonchev–Trinajstić information content (AvgIpc) is 3.08. The van der Waals surface area contributed by atoms with Gasteiger partial charge in [-0.2, -0.15) is 0 Å². The summed E-state index contributed by atoms with van der Waals surface area (Å²) in [5.41, 5.74) is 1.03. The highest BCUT2D eigenvalue weighted by molar-refractivity contribution is 5.81. The van der Waals surface area contributed by atoms with Gasteiger partial charge in [-0.1, -0.05) is 0 Å². The van der Waals surface area contributed by atoms with Gasteiger partial charge in [-0.05, 0) is 30.2 Å². The number of ether oxygens (including phenoxy) is 2. The van der Waals surface area contributed by atoms with Gasteiger partial charge in [0.2, 0.25) is 6.79 Å². The number of hydrogen-bond acceptors (Lipinski definition) is 4. The van der Waals surface area contributed by atoms with Gasteiger partial charge in [0.25, 0.3) is 0 Å². The van der Waals surface area contributed by atoms with Crippen LogP contribution in [0.15, 0.2) is 41.9 Å². The minimum Gasteiger partial charge on any atom is -0.454 e. The highest BCUT2D eigenvalue weighted by atomic mass is 16.7. The van der Waals surface area contributed by atoms with Crippen molar-refractivity contribution < 1.29 is 9.47 Å². The first-order valence-electron chi connectivity index (χ1n) is 6.27. The van der Waals surface area contributed by atoms with E-state index in [2.05, 4.69) is 14.5 Å². The fourth-order valence-corrected chi connectivity index (χ4v) is 1.93. The van der Waals surface area contributed by atoms with Gasteiger partial charge >= 0.3 is 0 Å². The van der Waals surface area contributed by atoms with Crippen LogP contribution >= 0.6 is 0 Å². The molecule has 0 saturated heterocycles. The molecule has 1 aliphatic heterocycles. The van der Waals surface area contributed by atoms with E-state index in [9.17, 15) is 0 Å². The summed E-state index contributed by atoms with van der Waals surface area (Å²) in [5, 5.41) is 0. The van der Waals surface area contributed by atoms with Crippen LogP contribution in [0.4, 0.5) is 0 Å². The van der Waals surface area contributed by atoms with Gasteiger partial charge in [0.15, 0.2) is 11.5 Å². The number of benzene rings is 1. The normalized spacial score (nSPS) is 13.3. The lowest BCUT2D eigenvalue weighted by molar-refractivity contribution is 0.174. The summed E-state index contributed by atoms with van der Waals surface area (Å²) >= 11 is 0. The second-order valence-electron chi connectivity index (χ2n) is 4.30. The summed E-state index contributed by atoms with van der Waals surface area (Å²) in [6, 6.07) is 5.84. The number of hydrogen-bond donors (Lipinski definition) is 0. The summed E-state index contributed by atoms with van der Waals surface area (Å²) < 4.78 is 12.6. The van der Waals surface area contributed by atoms with Crippen LogP contribution in [0.1, 0.15) is 12.0 Å². The Balaban J connectivity index is 1.49. The number of fused-ring (bicyclic) bond motifs is 1. The van der Waals surface area contributed by atoms with Crippen LogP contribution < -0.4 is 9.47 Å². The quantitative estimate of drug-likeness (QED) is 0.609. The number of rotatable bonds is 5. The van der Waals surface area contributed by atoms with Crippen LogP contribution in [0.2, 0.25) is 0 Å². The Labute approximate surface area is 111 Å². The van der Waals surface area contributed by atoms with E-state index in [1.54, 1.807) is 6.20 Å². The number of imidazole rings is 1. The van der Waals surface area contributed by atoms with Crippen LogP contribution in [-0.4, -0.2) is 29.1 Å². The lowest BCUT2D eigenvalue weighted by Crippen LogP contribution is -1.96. The summed E-state index contributed by atoms with van der Waals surface area (Å²) in [6.45, 7) is 2.05. The lowest BCUT2D eigenvalue weighted by Gasteiger charge is -1.99. The van der Waals surface area contributed by atoms with Gasteiger partial charge in [-0.3, -0.25) is 4.99 Å². The third-order valence-corrected chi connectivity index (χ3v) is 2.90. The third-order valence-electron chi connectivity index (χ3n) is 2.90. The summed E-state index contributed by atoms with van der Waals surface area (Å²) in [6.07, 6.45) is 8.44. The molecule has 0 radical (unpaired) electrons. The van der Waals surface area contributed by atoms with Crippen LogP contribution in [0.5, 0.6) is 11.5 Å². The smallest absolute Gasteiger partial charge is 0.231 e. The van der Waals surface area contributed by atoms with Gasteiger partial charge in [0.05, 0.1) is 6.33 Å². The molecule has 0 saturated carbocycles. The Morgan fingerprint density at radius 2 is 2.26 bits per heavy atom. The van der Waals surface area contributed by atoms with E-state index in [0.717, 1.165) is 36.6 Å². The molecule has 0 bridgehead atoms. The van der Waals surface area contributed by atoms with E-state index < -0.39 is 0 Å². The monoisotopic (exact) mass is 257 g/mol. The maximum Gasteiger partial charge on any atom is 0.231 e. The molecule has 5 nitrogen and oxygen atoms in total. The predicted octanol–water partition coefficient (Wildman–Crippen LogP) is 2.12. The van der Waals surface area contributed by atoms with E-state index in [1.807, 2.05) is 36.9 Å². The number of aromatic nitrogens is 2. The van der Waals surface area contributed by atoms with Crippen LogP contribution in [0, 0.1) is 0 Å². The first-order valence-corrected chi connectivity index (χ1v) is 6.27. The zero-order chi connectivity index (χ0) is 12.9. The number of aryl methyl sites for hydroxylation is 1. The zero-order valence-electron chi connectivity index (χ0n) is 10.5. The SMILES string of the molecule is C(=NCCCn1ccnc1)c1ccc2c(c1)OCO2. The molecule has 1 aromatic heterocycles. The largest absolute Gasteiger partial charge is 0.454 e. The van der Waals surface area contributed by atoms with Crippen molar-refractivity contribution >= 4 is 6.21 Å². The molecule has 0 N–H and O–H groups in total. The first kappa shape index (κ1) is 11.8. The second-order valence-corrected chi connectivity index (χ2v) is 4.30. The number of nitrogens with zero attached hydrogens (tertiary/aromatic N) is 3. The van der Waals surface area contributed by atoms with Gasteiger partial charge in [0.1, 0.15) is 0 Å². The molecule has 0 spiro atoms. The lowest BCUT2D eigenvalue weighted by atomic mass is 10.2. The molecule has 5 heteroatoms. The third kappa shape index (κ3) is 2.93. The second kappa shape index (κ2) is 5.56. The Morgan fingerprint density at radius 3 is 3.16 bits per heavy atom. The van der Waals surface area contributed by atoms with Crippen molar-refractivity contribution in [3.8, 4) is 11.5 Å². The van der Waals surface area contributed by atoms with Crippen molar-refractivity contribution in [3.05, 3.63) is 42.5 Å². The van der Waals surface area contributed by atoms with Crippen LogP contribution in [0.25, 0.3) is 0 Å². The molecule has 19 heavy (non-hydrogen) atoms. The van der Waals surface area contributed by atoms with Crippen LogP contribution in [0.3, 0.4) is 0 Å². The molecule has 1 aliphatic rings. The van der Waals surface area contributed by atoms with E-state index in [1.165, 1.54) is 0 Å². The first-order chi connectivity index (χ1) is 9.42. The Morgan fingerprint density at radius 1 is 1.32 bits per heavy atom. The molecule has 2 aromatic rings. The van der Waals surface area contributed by atoms with Gasteiger partial charge in [-0.25, -0.2) is 4.98 Å². The van der Waals surface area contributed by atoms with Crippen molar-refractivity contribution in [2.75, 3.05) is 13.3 Å². The van der Waals surface area contributed by atoms with Crippen molar-refractivity contribution in [1.82, 2.24) is 9.55 Å². The van der Waals surface area contributed by atoms with Gasteiger partial charge in [0, 0.05) is 31.7 Å². The molecule has 0 fully saturated rings. The zero-order valence-corrected chi connectivity index (χ0v) is 10.5. The molecule has 98 valence electrons. The Hall–Kier alpha value is -2.30. The van der Waals surface area contributed by atoms with E-state index in [0.29, 0.717) is 6.79 Å². The summed E-state index contributed by atoms with van der Waals surface area (Å²) in [5.74, 6) is 1.60. The number of aliphatic imine (C=N–C) groups is 1. The topological polar surface area (TPSA) is 48.6 Å².